The van der Waals surface area contributed by atoms with Crippen LogP contribution in [0, 0.1) is 32.4 Å². The van der Waals surface area contributed by atoms with E-state index in [2.05, 4.69) is 5.32 Å². The average Bonchev–Trinajstić information content (AvgIpc) is 2.77. The van der Waals surface area contributed by atoms with Crippen molar-refractivity contribution in [2.45, 2.75) is 40.2 Å². The number of hydrogen-bond acceptors (Lipinski definition) is 2. The number of halogens is 2. The Labute approximate surface area is 129 Å². The number of benzene rings is 1. The SMILES string of the molecule is CCCNC(c1cc(C)sc1C)c1c(F)ccc(C)c1F. The first kappa shape index (κ1) is 16.1. The molecule has 1 atom stereocenters. The van der Waals surface area contributed by atoms with Gasteiger partial charge in [-0.05, 0) is 57.0 Å². The largest absolute Gasteiger partial charge is 0.306 e. The van der Waals surface area contributed by atoms with Crippen LogP contribution in [-0.2, 0) is 0 Å². The van der Waals surface area contributed by atoms with E-state index in [0.717, 1.165) is 21.7 Å². The zero-order valence-corrected chi connectivity index (χ0v) is 13.7. The van der Waals surface area contributed by atoms with Crippen molar-refractivity contribution in [1.82, 2.24) is 5.32 Å². The average molecular weight is 309 g/mol. The minimum absolute atomic E-state index is 0.129. The maximum atomic E-state index is 14.5. The molecule has 4 heteroatoms. The second kappa shape index (κ2) is 6.67. The van der Waals surface area contributed by atoms with Crippen molar-refractivity contribution < 1.29 is 8.78 Å². The molecule has 1 aromatic heterocycles. The second-order valence-electron chi connectivity index (χ2n) is 5.35. The summed E-state index contributed by atoms with van der Waals surface area (Å²) in [5.74, 6) is -0.943. The van der Waals surface area contributed by atoms with Gasteiger partial charge in [0.05, 0.1) is 6.04 Å². The van der Waals surface area contributed by atoms with Crippen LogP contribution in [0.5, 0.6) is 0 Å². The predicted molar refractivity (Wildman–Crippen MR) is 85.0 cm³/mol. The first-order chi connectivity index (χ1) is 9.95. The fraction of sp³-hybridized carbons (Fsp3) is 0.412. The van der Waals surface area contributed by atoms with Gasteiger partial charge in [0.15, 0.2) is 0 Å². The van der Waals surface area contributed by atoms with E-state index < -0.39 is 17.7 Å². The Kier molecular flexibility index (Phi) is 5.12. The van der Waals surface area contributed by atoms with Crippen LogP contribution in [0.25, 0.3) is 0 Å². The minimum atomic E-state index is -0.491. The van der Waals surface area contributed by atoms with Crippen LogP contribution in [0.1, 0.15) is 45.8 Å². The van der Waals surface area contributed by atoms with Gasteiger partial charge in [-0.1, -0.05) is 13.0 Å². The molecule has 0 saturated heterocycles. The van der Waals surface area contributed by atoms with E-state index in [-0.39, 0.29) is 5.56 Å². The number of aryl methyl sites for hydroxylation is 3. The third-order valence-electron chi connectivity index (χ3n) is 3.60. The van der Waals surface area contributed by atoms with E-state index in [1.165, 1.54) is 12.1 Å². The molecular weight excluding hydrogens is 288 g/mol. The maximum absolute atomic E-state index is 14.5. The molecule has 0 spiro atoms. The minimum Gasteiger partial charge on any atom is -0.306 e. The summed E-state index contributed by atoms with van der Waals surface area (Å²) in [6.45, 7) is 8.44. The molecule has 0 radical (unpaired) electrons. The lowest BCUT2D eigenvalue weighted by Gasteiger charge is -2.21. The van der Waals surface area contributed by atoms with Crippen molar-refractivity contribution >= 4 is 11.3 Å². The lowest BCUT2D eigenvalue weighted by Crippen LogP contribution is -2.25. The molecule has 114 valence electrons. The first-order valence-electron chi connectivity index (χ1n) is 7.20. The Morgan fingerprint density at radius 3 is 2.48 bits per heavy atom. The third-order valence-corrected chi connectivity index (χ3v) is 4.58. The highest BCUT2D eigenvalue weighted by Gasteiger charge is 2.25. The Morgan fingerprint density at radius 2 is 1.90 bits per heavy atom. The number of rotatable bonds is 5. The topological polar surface area (TPSA) is 12.0 Å². The molecule has 2 rings (SSSR count). The van der Waals surface area contributed by atoms with Crippen LogP contribution in [-0.4, -0.2) is 6.54 Å². The Balaban J connectivity index is 2.56. The second-order valence-corrected chi connectivity index (χ2v) is 6.81. The van der Waals surface area contributed by atoms with Crippen molar-refractivity contribution in [3.05, 3.63) is 56.3 Å². The summed E-state index contributed by atoms with van der Waals surface area (Å²) in [5.41, 5.74) is 1.57. The molecule has 0 fully saturated rings. The van der Waals surface area contributed by atoms with Gasteiger partial charge < -0.3 is 5.32 Å². The van der Waals surface area contributed by atoms with Crippen molar-refractivity contribution in [1.29, 1.82) is 0 Å². The first-order valence-corrected chi connectivity index (χ1v) is 8.02. The highest BCUT2D eigenvalue weighted by molar-refractivity contribution is 7.12. The Bertz CT molecular complexity index is 634. The van der Waals surface area contributed by atoms with Crippen molar-refractivity contribution in [2.75, 3.05) is 6.54 Å². The van der Waals surface area contributed by atoms with Gasteiger partial charge in [0.1, 0.15) is 11.6 Å². The molecule has 0 aliphatic rings. The van der Waals surface area contributed by atoms with Gasteiger partial charge in [0.25, 0.3) is 0 Å². The molecule has 0 bridgehead atoms. The van der Waals surface area contributed by atoms with Gasteiger partial charge in [-0.3, -0.25) is 0 Å². The van der Waals surface area contributed by atoms with Crippen LogP contribution >= 0.6 is 11.3 Å². The monoisotopic (exact) mass is 309 g/mol. The van der Waals surface area contributed by atoms with Gasteiger partial charge in [-0.15, -0.1) is 11.3 Å². The predicted octanol–water partition coefficient (Wildman–Crippen LogP) is 5.04. The lowest BCUT2D eigenvalue weighted by molar-refractivity contribution is 0.499. The quantitative estimate of drug-likeness (QED) is 0.816. The fourth-order valence-electron chi connectivity index (χ4n) is 2.54. The summed E-state index contributed by atoms with van der Waals surface area (Å²) in [6.07, 6.45) is 0.910. The summed E-state index contributed by atoms with van der Waals surface area (Å²) in [6, 6.07) is 4.42. The van der Waals surface area contributed by atoms with Crippen LogP contribution in [0.2, 0.25) is 0 Å². The van der Waals surface area contributed by atoms with Gasteiger partial charge in [0.2, 0.25) is 0 Å². The van der Waals surface area contributed by atoms with Crippen molar-refractivity contribution in [3.63, 3.8) is 0 Å². The number of hydrogen-bond donors (Lipinski definition) is 1. The summed E-state index contributed by atoms with van der Waals surface area (Å²) >= 11 is 1.66. The number of thiophene rings is 1. The van der Waals surface area contributed by atoms with Crippen LogP contribution < -0.4 is 5.32 Å². The molecule has 1 aromatic carbocycles. The molecule has 0 aliphatic heterocycles. The molecule has 1 heterocycles. The van der Waals surface area contributed by atoms with Crippen molar-refractivity contribution in [3.8, 4) is 0 Å². The fourth-order valence-corrected chi connectivity index (χ4v) is 3.50. The zero-order chi connectivity index (χ0) is 15.6. The van der Waals surface area contributed by atoms with Gasteiger partial charge >= 0.3 is 0 Å². The summed E-state index contributed by atoms with van der Waals surface area (Å²) in [4.78, 5) is 2.25. The lowest BCUT2D eigenvalue weighted by atomic mass is 9.96. The normalized spacial score (nSPS) is 12.7. The Hall–Kier alpha value is -1.26. The van der Waals surface area contributed by atoms with E-state index in [1.807, 2.05) is 26.8 Å². The Morgan fingerprint density at radius 1 is 1.19 bits per heavy atom. The van der Waals surface area contributed by atoms with Gasteiger partial charge in [-0.2, -0.15) is 0 Å². The van der Waals surface area contributed by atoms with E-state index in [0.29, 0.717) is 12.1 Å². The molecule has 1 unspecified atom stereocenters. The molecular formula is C17H21F2NS. The number of nitrogens with one attached hydrogen (secondary N) is 1. The summed E-state index contributed by atoms with van der Waals surface area (Å²) in [5, 5.41) is 3.29. The molecule has 1 nitrogen and oxygen atoms in total. The van der Waals surface area contributed by atoms with E-state index in [4.69, 9.17) is 0 Å². The van der Waals surface area contributed by atoms with Gasteiger partial charge in [0, 0.05) is 15.3 Å². The van der Waals surface area contributed by atoms with E-state index in [1.54, 1.807) is 18.3 Å². The van der Waals surface area contributed by atoms with Crippen LogP contribution in [0.4, 0.5) is 8.78 Å². The van der Waals surface area contributed by atoms with E-state index >= 15 is 0 Å². The molecule has 2 aromatic rings. The third kappa shape index (κ3) is 3.33. The molecule has 1 N–H and O–H groups in total. The van der Waals surface area contributed by atoms with E-state index in [9.17, 15) is 8.78 Å². The molecule has 0 aliphatic carbocycles. The maximum Gasteiger partial charge on any atom is 0.134 e. The molecule has 21 heavy (non-hydrogen) atoms. The highest BCUT2D eigenvalue weighted by atomic mass is 32.1. The summed E-state index contributed by atoms with van der Waals surface area (Å²) in [7, 11) is 0. The van der Waals surface area contributed by atoms with Crippen LogP contribution in [0.3, 0.4) is 0 Å². The van der Waals surface area contributed by atoms with Crippen LogP contribution in [0.15, 0.2) is 18.2 Å². The van der Waals surface area contributed by atoms with Crippen molar-refractivity contribution in [2.24, 2.45) is 0 Å². The smallest absolute Gasteiger partial charge is 0.134 e. The van der Waals surface area contributed by atoms with Gasteiger partial charge in [-0.25, -0.2) is 8.78 Å². The summed E-state index contributed by atoms with van der Waals surface area (Å²) < 4.78 is 28.7. The standard InChI is InChI=1S/C17H21F2NS/c1-5-8-20-17(13-9-11(3)21-12(13)4)15-14(18)7-6-10(2)16(15)19/h6-7,9,17,20H,5,8H2,1-4H3. The molecule has 0 amide bonds. The molecule has 0 saturated carbocycles. The zero-order valence-electron chi connectivity index (χ0n) is 12.9. The highest BCUT2D eigenvalue weighted by Crippen LogP contribution is 2.34.